The van der Waals surface area contributed by atoms with Gasteiger partial charge in [-0.1, -0.05) is 219 Å². The Morgan fingerprint density at radius 2 is 0.905 bits per heavy atom. The van der Waals surface area contributed by atoms with Gasteiger partial charge in [0.25, 0.3) is 0 Å². The summed E-state index contributed by atoms with van der Waals surface area (Å²) in [6.07, 6.45) is 28.7. The van der Waals surface area contributed by atoms with Crippen molar-refractivity contribution in [1.29, 1.82) is 0 Å². The summed E-state index contributed by atoms with van der Waals surface area (Å²) in [6, 6.07) is -1.24. The molecule has 1 fully saturated rings. The number of aliphatic hydroxyl groups is 7. The number of hydrogen-bond donors (Lipinski definition) is 9. The summed E-state index contributed by atoms with van der Waals surface area (Å²) in [7, 11) is -5.14. The van der Waals surface area contributed by atoms with Crippen molar-refractivity contribution >= 4 is 13.7 Å². The van der Waals surface area contributed by atoms with Crippen molar-refractivity contribution < 1.29 is 59.0 Å². The van der Waals surface area contributed by atoms with Crippen molar-refractivity contribution in [2.75, 3.05) is 6.61 Å². The zero-order valence-corrected chi connectivity index (χ0v) is 40.7. The first-order chi connectivity index (χ1) is 30.3. The van der Waals surface area contributed by atoms with Crippen LogP contribution < -0.4 is 5.32 Å². The molecule has 0 aliphatic heterocycles. The molecule has 0 aromatic carbocycles. The normalized spacial score (nSPS) is 22.9. The van der Waals surface area contributed by atoms with Crippen LogP contribution in [0, 0.1) is 0 Å². The van der Waals surface area contributed by atoms with Gasteiger partial charge in [-0.15, -0.1) is 0 Å². The molecule has 0 spiro atoms. The van der Waals surface area contributed by atoms with Crippen molar-refractivity contribution in [3.05, 3.63) is 12.2 Å². The second-order valence-corrected chi connectivity index (χ2v) is 20.0. The quantitative estimate of drug-likeness (QED) is 0.0158. The van der Waals surface area contributed by atoms with Gasteiger partial charge in [0.05, 0.1) is 31.3 Å². The predicted molar refractivity (Wildman–Crippen MR) is 252 cm³/mol. The fraction of sp³-hybridized carbons (Fsp3) is 0.939. The Hall–Kier alpha value is -0.960. The molecule has 1 aliphatic rings. The molecule has 1 rings (SSSR count). The Bertz CT molecular complexity index is 1130. The number of nitrogens with one attached hydrogen (secondary N) is 1. The van der Waals surface area contributed by atoms with Crippen LogP contribution in [0.5, 0.6) is 0 Å². The molecule has 0 saturated heterocycles. The molecule has 0 radical (unpaired) electrons. The van der Waals surface area contributed by atoms with Crippen LogP contribution in [0.2, 0.25) is 0 Å². The number of carbonyl (C=O) groups excluding carboxylic acids is 1. The van der Waals surface area contributed by atoms with Crippen LogP contribution in [0.4, 0.5) is 0 Å². The van der Waals surface area contributed by atoms with Crippen molar-refractivity contribution in [3.63, 3.8) is 0 Å². The molecular weight excluding hydrogens is 826 g/mol. The summed E-state index contributed by atoms with van der Waals surface area (Å²) in [5.74, 6) is -0.590. The van der Waals surface area contributed by atoms with E-state index in [0.717, 1.165) is 44.9 Å². The SMILES string of the molecule is CCCCCCCCCCCCCCCCCCCCC/C=C/C(O)C(COP(=O)(O)OC1C(O)C(O)C(O)C(O)C1O)NC(=O)CC(O)CCCCCCCCCCCCCC. The molecule has 0 aromatic rings. The van der Waals surface area contributed by atoms with Crippen LogP contribution in [0.3, 0.4) is 0 Å². The zero-order chi connectivity index (χ0) is 46.6. The smallest absolute Gasteiger partial charge is 0.393 e. The summed E-state index contributed by atoms with van der Waals surface area (Å²) in [6.45, 7) is 3.76. The molecule has 8 unspecified atom stereocenters. The van der Waals surface area contributed by atoms with Crippen LogP contribution in [-0.4, -0.2) is 108 Å². The van der Waals surface area contributed by atoms with E-state index < -0.39 is 75.2 Å². The van der Waals surface area contributed by atoms with Crippen LogP contribution >= 0.6 is 7.82 Å². The number of rotatable bonds is 43. The maximum atomic E-state index is 13.0. The van der Waals surface area contributed by atoms with Crippen molar-refractivity contribution in [2.45, 2.75) is 287 Å². The number of phosphoric acid groups is 1. The maximum absolute atomic E-state index is 13.0. The molecule has 1 saturated carbocycles. The van der Waals surface area contributed by atoms with Crippen LogP contribution in [0.25, 0.3) is 0 Å². The van der Waals surface area contributed by atoms with Crippen LogP contribution in [-0.2, 0) is 18.4 Å². The Kier molecular flexibility index (Phi) is 37.3. The highest BCUT2D eigenvalue weighted by Gasteiger charge is 2.51. The van der Waals surface area contributed by atoms with Crippen LogP contribution in [0.15, 0.2) is 12.2 Å². The molecule has 9 N–H and O–H groups in total. The molecule has 0 heterocycles. The molecule has 374 valence electrons. The van der Waals surface area contributed by atoms with Gasteiger partial charge in [0, 0.05) is 0 Å². The summed E-state index contributed by atoms with van der Waals surface area (Å²) >= 11 is 0. The molecule has 1 amide bonds. The van der Waals surface area contributed by atoms with Gasteiger partial charge in [0.1, 0.15) is 36.6 Å². The predicted octanol–water partition coefficient (Wildman–Crippen LogP) is 9.37. The van der Waals surface area contributed by atoms with E-state index in [-0.39, 0.29) is 6.42 Å². The first kappa shape index (κ1) is 60.1. The van der Waals surface area contributed by atoms with E-state index in [1.807, 2.05) is 0 Å². The molecule has 8 atom stereocenters. The third-order valence-electron chi connectivity index (χ3n) is 12.6. The summed E-state index contributed by atoms with van der Waals surface area (Å²) in [4.78, 5) is 23.5. The average molecular weight is 922 g/mol. The number of carbonyl (C=O) groups is 1. The van der Waals surface area contributed by atoms with E-state index in [0.29, 0.717) is 12.8 Å². The highest BCUT2D eigenvalue weighted by molar-refractivity contribution is 7.47. The van der Waals surface area contributed by atoms with Gasteiger partial charge in [-0.25, -0.2) is 4.57 Å². The first-order valence-corrected chi connectivity index (χ1v) is 27.2. The lowest BCUT2D eigenvalue weighted by atomic mass is 9.85. The zero-order valence-electron chi connectivity index (χ0n) is 39.8. The van der Waals surface area contributed by atoms with Crippen molar-refractivity contribution in [1.82, 2.24) is 5.32 Å². The van der Waals surface area contributed by atoms with Gasteiger partial charge in [-0.2, -0.15) is 0 Å². The lowest BCUT2D eigenvalue weighted by Crippen LogP contribution is -2.64. The molecule has 0 bridgehead atoms. The minimum atomic E-state index is -5.14. The number of allylic oxidation sites excluding steroid dienone is 1. The third-order valence-corrected chi connectivity index (χ3v) is 13.6. The minimum absolute atomic E-state index is 0.240. The fourth-order valence-electron chi connectivity index (χ4n) is 8.42. The number of hydrogen-bond acceptors (Lipinski definition) is 11. The Morgan fingerprint density at radius 3 is 1.30 bits per heavy atom. The summed E-state index contributed by atoms with van der Waals surface area (Å²) < 4.78 is 22.9. The minimum Gasteiger partial charge on any atom is -0.393 e. The largest absolute Gasteiger partial charge is 0.472 e. The Labute approximate surface area is 382 Å². The average Bonchev–Trinajstić information content (AvgIpc) is 3.26. The summed E-state index contributed by atoms with van der Waals surface area (Å²) in [5, 5.41) is 74.6. The van der Waals surface area contributed by atoms with Gasteiger partial charge in [0.2, 0.25) is 5.91 Å². The lowest BCUT2D eigenvalue weighted by Gasteiger charge is -2.41. The highest BCUT2D eigenvalue weighted by atomic mass is 31.2. The second kappa shape index (κ2) is 39.1. The first-order valence-electron chi connectivity index (χ1n) is 25.7. The molecule has 1 aliphatic carbocycles. The van der Waals surface area contributed by atoms with Crippen LogP contribution in [0.1, 0.15) is 232 Å². The molecule has 14 heteroatoms. The van der Waals surface area contributed by atoms with E-state index >= 15 is 0 Å². The van der Waals surface area contributed by atoms with E-state index in [1.165, 1.54) is 160 Å². The standard InChI is InChI=1S/C49H96NO12P/c1-3-5-7-9-11-13-15-17-18-19-20-21-22-23-24-25-27-29-31-33-35-37-42(52)41(39-61-63(59,60)62-49-47(57)45(55)44(54)46(56)48(49)58)50-43(53)38-40(51)36-34-32-30-28-26-16-14-12-10-8-6-4-2/h35,37,40-42,44-49,51-52,54-58H,3-34,36,38-39H2,1-2H3,(H,50,53)(H,59,60)/b37-35+. The topological polar surface area (TPSA) is 226 Å². The van der Waals surface area contributed by atoms with Gasteiger partial charge in [-0.05, 0) is 19.3 Å². The van der Waals surface area contributed by atoms with Gasteiger partial charge in [-0.3, -0.25) is 13.8 Å². The second-order valence-electron chi connectivity index (χ2n) is 18.6. The van der Waals surface area contributed by atoms with Crippen molar-refractivity contribution in [3.8, 4) is 0 Å². The lowest BCUT2D eigenvalue weighted by molar-refractivity contribution is -0.220. The maximum Gasteiger partial charge on any atom is 0.472 e. The van der Waals surface area contributed by atoms with Crippen molar-refractivity contribution in [2.24, 2.45) is 0 Å². The highest BCUT2D eigenvalue weighted by Crippen LogP contribution is 2.47. The fourth-order valence-corrected chi connectivity index (χ4v) is 9.39. The third kappa shape index (κ3) is 30.9. The Balaban J connectivity index is 2.47. The number of aliphatic hydroxyl groups excluding tert-OH is 7. The molecular formula is C49H96NO12P. The monoisotopic (exact) mass is 922 g/mol. The van der Waals surface area contributed by atoms with Gasteiger partial charge in [0.15, 0.2) is 0 Å². The Morgan fingerprint density at radius 1 is 0.556 bits per heavy atom. The number of amides is 1. The summed E-state index contributed by atoms with van der Waals surface area (Å²) in [5.41, 5.74) is 0. The van der Waals surface area contributed by atoms with E-state index in [4.69, 9.17) is 9.05 Å². The van der Waals surface area contributed by atoms with Gasteiger partial charge < -0.3 is 46.0 Å². The van der Waals surface area contributed by atoms with Gasteiger partial charge >= 0.3 is 7.82 Å². The number of unbranched alkanes of at least 4 members (excludes halogenated alkanes) is 30. The number of phosphoric ester groups is 1. The molecule has 63 heavy (non-hydrogen) atoms. The van der Waals surface area contributed by atoms with E-state index in [1.54, 1.807) is 6.08 Å². The van der Waals surface area contributed by atoms with E-state index in [2.05, 4.69) is 19.2 Å². The molecule has 0 aromatic heterocycles. The van der Waals surface area contributed by atoms with E-state index in [9.17, 15) is 50.0 Å². The molecule has 13 nitrogen and oxygen atoms in total.